The van der Waals surface area contributed by atoms with Gasteiger partial charge in [-0.15, -0.1) is 0 Å². The van der Waals surface area contributed by atoms with E-state index in [0.29, 0.717) is 43.3 Å². The van der Waals surface area contributed by atoms with Crippen LogP contribution in [0.1, 0.15) is 49.6 Å². The van der Waals surface area contributed by atoms with E-state index >= 15 is 0 Å². The van der Waals surface area contributed by atoms with Crippen molar-refractivity contribution in [3.63, 3.8) is 0 Å². The quantitative estimate of drug-likeness (QED) is 0.307. The minimum absolute atomic E-state index is 0.0667. The number of hydrogen-bond acceptors (Lipinski definition) is 6. The maximum absolute atomic E-state index is 13.4. The summed E-state index contributed by atoms with van der Waals surface area (Å²) in [6.45, 7) is 12.6. The smallest absolute Gasteiger partial charge is 0.341 e. The van der Waals surface area contributed by atoms with Crippen LogP contribution in [-0.2, 0) is 0 Å². The first-order valence-electron chi connectivity index (χ1n) is 12.6. The topological polar surface area (TPSA) is 77.0 Å². The summed E-state index contributed by atoms with van der Waals surface area (Å²) < 4.78 is 1.16. The molecule has 2 radical (unpaired) electrons. The number of aromatic nitrogens is 2. The highest BCUT2D eigenvalue weighted by atomic mass is 127. The lowest BCUT2D eigenvalue weighted by molar-refractivity contribution is 0.139. The Bertz CT molecular complexity index is 1230. The van der Waals surface area contributed by atoms with Crippen LogP contribution in [0.15, 0.2) is 47.3 Å². The number of aryl methyl sites for hydroxylation is 1. The van der Waals surface area contributed by atoms with Crippen LogP contribution in [0.4, 0.5) is 10.7 Å². The van der Waals surface area contributed by atoms with E-state index in [-0.39, 0.29) is 12.1 Å². The Balaban J connectivity index is 1.48. The van der Waals surface area contributed by atoms with Crippen molar-refractivity contribution in [2.45, 2.75) is 39.7 Å². The summed E-state index contributed by atoms with van der Waals surface area (Å²) in [7, 11) is 8.19. The second kappa shape index (κ2) is 11.7. The molecule has 37 heavy (non-hydrogen) atoms. The number of allylic oxidation sites excluding steroid dienone is 3. The van der Waals surface area contributed by atoms with E-state index in [9.17, 15) is 4.79 Å². The van der Waals surface area contributed by atoms with E-state index in [1.807, 2.05) is 25.1 Å². The summed E-state index contributed by atoms with van der Waals surface area (Å²) in [5.41, 5.74) is 6.34. The van der Waals surface area contributed by atoms with Gasteiger partial charge in [0.1, 0.15) is 7.85 Å². The van der Waals surface area contributed by atoms with E-state index in [4.69, 9.17) is 12.8 Å². The lowest BCUT2D eigenvalue weighted by Gasteiger charge is -2.37. The van der Waals surface area contributed by atoms with Gasteiger partial charge < -0.3 is 15.1 Å². The van der Waals surface area contributed by atoms with Crippen LogP contribution in [0.2, 0.25) is 0 Å². The summed E-state index contributed by atoms with van der Waals surface area (Å²) in [4.78, 5) is 26.8. The van der Waals surface area contributed by atoms with Crippen LogP contribution in [0.25, 0.3) is 5.57 Å². The summed E-state index contributed by atoms with van der Waals surface area (Å²) in [6.07, 6.45) is 5.02. The Morgan fingerprint density at radius 1 is 1.24 bits per heavy atom. The highest BCUT2D eigenvalue weighted by molar-refractivity contribution is 14.1. The number of carbonyl (C=O) groups is 1. The van der Waals surface area contributed by atoms with Gasteiger partial charge in [0.2, 0.25) is 5.95 Å². The van der Waals surface area contributed by atoms with Crippen molar-refractivity contribution < 1.29 is 4.79 Å². The van der Waals surface area contributed by atoms with Crippen molar-refractivity contribution in [2.24, 2.45) is 5.10 Å². The van der Waals surface area contributed by atoms with Crippen molar-refractivity contribution in [1.82, 2.24) is 25.2 Å². The molecule has 0 saturated carbocycles. The van der Waals surface area contributed by atoms with Crippen molar-refractivity contribution in [3.05, 3.63) is 62.6 Å². The molecule has 0 bridgehead atoms. The number of rotatable bonds is 6. The first kappa shape index (κ1) is 27.2. The van der Waals surface area contributed by atoms with Gasteiger partial charge in [-0.3, -0.25) is 0 Å². The van der Waals surface area contributed by atoms with Crippen molar-refractivity contribution >= 4 is 59.7 Å². The number of hydrazone groups is 1. The minimum atomic E-state index is -0.0748. The third-order valence-electron chi connectivity index (χ3n) is 6.73. The van der Waals surface area contributed by atoms with E-state index in [1.165, 1.54) is 5.56 Å². The molecular formula is C27H33BIN7O. The van der Waals surface area contributed by atoms with Crippen LogP contribution >= 0.6 is 22.6 Å². The fourth-order valence-corrected chi connectivity index (χ4v) is 5.74. The molecule has 1 N–H and O–H groups in total. The van der Waals surface area contributed by atoms with Gasteiger partial charge in [0.15, 0.2) is 0 Å². The summed E-state index contributed by atoms with van der Waals surface area (Å²) in [6, 6.07) is 6.26. The highest BCUT2D eigenvalue weighted by Crippen LogP contribution is 2.31. The number of amides is 2. The minimum Gasteiger partial charge on any atom is -0.391 e. The molecular weight excluding hydrogens is 576 g/mol. The molecule has 2 aromatic rings. The molecule has 10 heteroatoms. The van der Waals surface area contributed by atoms with Gasteiger partial charge in [0.25, 0.3) is 0 Å². The SMILES string of the molecule is [B]c1cnc(N2CCN(C(=O)N3N=CCC3c3cc(C)cc(I)c3)CC2)nc1/C(C(=C)C)=C(\CC)NC. The van der Waals surface area contributed by atoms with Crippen LogP contribution in [0.5, 0.6) is 0 Å². The third-order valence-corrected chi connectivity index (χ3v) is 7.36. The highest BCUT2D eigenvalue weighted by Gasteiger charge is 2.33. The number of benzene rings is 1. The second-order valence-corrected chi connectivity index (χ2v) is 10.7. The zero-order chi connectivity index (χ0) is 26.7. The Morgan fingerprint density at radius 3 is 2.59 bits per heavy atom. The van der Waals surface area contributed by atoms with Crippen molar-refractivity contribution in [3.8, 4) is 0 Å². The standard InChI is InChI=1S/C27H33BIN7O/c1-6-22(30-5)24(17(2)3)25-21(28)16-31-26(33-25)34-9-11-35(12-10-34)27(37)36-23(7-8-32-36)19-13-18(4)14-20(29)15-19/h8,13-16,23,30H,2,6-7,9-12H2,1,3-5H3/b24-22+. The van der Waals surface area contributed by atoms with Gasteiger partial charge >= 0.3 is 6.03 Å². The molecule has 2 amide bonds. The number of nitrogens with one attached hydrogen (secondary N) is 1. The molecule has 3 heterocycles. The zero-order valence-corrected chi connectivity index (χ0v) is 24.1. The van der Waals surface area contributed by atoms with Crippen LogP contribution in [0, 0.1) is 10.5 Å². The normalized spacial score (nSPS) is 18.2. The number of hydrogen-bond donors (Lipinski definition) is 1. The Morgan fingerprint density at radius 2 is 1.97 bits per heavy atom. The monoisotopic (exact) mass is 609 g/mol. The Labute approximate surface area is 234 Å². The van der Waals surface area contributed by atoms with E-state index < -0.39 is 0 Å². The zero-order valence-electron chi connectivity index (χ0n) is 22.0. The molecule has 2 aliphatic rings. The third kappa shape index (κ3) is 5.84. The number of urea groups is 1. The van der Waals surface area contributed by atoms with Gasteiger partial charge in [0, 0.05) is 66.9 Å². The van der Waals surface area contributed by atoms with Gasteiger partial charge in [-0.25, -0.2) is 19.8 Å². The number of piperazine rings is 1. The number of anilines is 1. The largest absolute Gasteiger partial charge is 0.391 e. The van der Waals surface area contributed by atoms with E-state index in [0.717, 1.165) is 38.8 Å². The number of carbonyl (C=O) groups excluding carboxylic acids is 1. The summed E-state index contributed by atoms with van der Waals surface area (Å²) in [5, 5.41) is 9.32. The van der Waals surface area contributed by atoms with E-state index in [2.05, 4.69) is 81.5 Å². The van der Waals surface area contributed by atoms with Gasteiger partial charge in [0.05, 0.1) is 11.7 Å². The molecule has 1 aromatic carbocycles. The average Bonchev–Trinajstić information content (AvgIpc) is 3.37. The Hall–Kier alpha value is -2.89. The first-order chi connectivity index (χ1) is 17.7. The fraction of sp³-hybridized carbons (Fsp3) is 0.407. The predicted molar refractivity (Wildman–Crippen MR) is 159 cm³/mol. The lowest BCUT2D eigenvalue weighted by atomic mass is 9.89. The molecule has 1 aromatic heterocycles. The molecule has 0 spiro atoms. The first-order valence-corrected chi connectivity index (χ1v) is 13.6. The molecule has 8 nitrogen and oxygen atoms in total. The van der Waals surface area contributed by atoms with Gasteiger partial charge in [-0.05, 0) is 71.7 Å². The maximum Gasteiger partial charge on any atom is 0.341 e. The van der Waals surface area contributed by atoms with Crippen LogP contribution in [0.3, 0.4) is 0 Å². The van der Waals surface area contributed by atoms with Crippen LogP contribution in [-0.4, -0.2) is 73.2 Å². The van der Waals surface area contributed by atoms with Crippen molar-refractivity contribution in [2.75, 3.05) is 38.1 Å². The molecule has 1 atom stereocenters. The summed E-state index contributed by atoms with van der Waals surface area (Å²) >= 11 is 2.32. The Kier molecular flexibility index (Phi) is 8.56. The van der Waals surface area contributed by atoms with Crippen molar-refractivity contribution in [1.29, 1.82) is 0 Å². The predicted octanol–water partition coefficient (Wildman–Crippen LogP) is 3.77. The molecule has 1 unspecified atom stereocenters. The summed E-state index contributed by atoms with van der Waals surface area (Å²) in [5.74, 6) is 0.605. The average molecular weight is 609 g/mol. The van der Waals surface area contributed by atoms with Gasteiger partial charge in [-0.1, -0.05) is 25.0 Å². The maximum atomic E-state index is 13.4. The number of nitrogens with zero attached hydrogens (tertiary/aromatic N) is 6. The second-order valence-electron chi connectivity index (χ2n) is 9.42. The van der Waals surface area contributed by atoms with Gasteiger partial charge in [-0.2, -0.15) is 5.10 Å². The van der Waals surface area contributed by atoms with E-state index in [1.54, 1.807) is 11.2 Å². The molecule has 192 valence electrons. The lowest BCUT2D eigenvalue weighted by Crippen LogP contribution is -2.52. The molecule has 0 aliphatic carbocycles. The molecule has 4 rings (SSSR count). The molecule has 1 saturated heterocycles. The van der Waals surface area contributed by atoms with Crippen LogP contribution < -0.4 is 15.7 Å². The molecule has 2 aliphatic heterocycles. The number of halogens is 1. The molecule has 1 fully saturated rings. The fourth-order valence-electron chi connectivity index (χ4n) is 4.89.